The van der Waals surface area contributed by atoms with Crippen LogP contribution in [0.25, 0.3) is 0 Å². The molecule has 0 aromatic heterocycles. The normalized spacial score (nSPS) is 24.6. The molecular formula is C18H36N4O3S. The molecule has 152 valence electrons. The molecule has 0 unspecified atom stereocenters. The van der Waals surface area contributed by atoms with Crippen LogP contribution in [0.5, 0.6) is 0 Å². The van der Waals surface area contributed by atoms with Gasteiger partial charge in [-0.25, -0.2) is 13.1 Å². The first-order valence-electron chi connectivity index (χ1n) is 10.0. The van der Waals surface area contributed by atoms with Crippen LogP contribution in [-0.4, -0.2) is 92.7 Å². The number of piperidine rings is 1. The molecule has 1 N–H and O–H groups in total. The molecule has 0 aromatic carbocycles. The first kappa shape index (κ1) is 21.6. The molecule has 2 aliphatic rings. The van der Waals surface area contributed by atoms with Gasteiger partial charge in [0.25, 0.3) is 0 Å². The van der Waals surface area contributed by atoms with Gasteiger partial charge in [0.15, 0.2) is 0 Å². The molecule has 2 fully saturated rings. The van der Waals surface area contributed by atoms with Crippen LogP contribution >= 0.6 is 0 Å². The van der Waals surface area contributed by atoms with Gasteiger partial charge in [0.05, 0.1) is 5.75 Å². The summed E-state index contributed by atoms with van der Waals surface area (Å²) in [4.78, 5) is 18.3. The summed E-state index contributed by atoms with van der Waals surface area (Å²) < 4.78 is 27.6. The van der Waals surface area contributed by atoms with Crippen molar-refractivity contribution in [1.29, 1.82) is 0 Å². The fraction of sp³-hybridized carbons (Fsp3) is 0.944. The number of likely N-dealkylation sites (tertiary alicyclic amines) is 1. The maximum absolute atomic E-state index is 12.4. The third-order valence-corrected chi connectivity index (χ3v) is 7.21. The highest BCUT2D eigenvalue weighted by Gasteiger charge is 2.26. The van der Waals surface area contributed by atoms with E-state index in [4.69, 9.17) is 0 Å². The van der Waals surface area contributed by atoms with Crippen LogP contribution in [0.2, 0.25) is 0 Å². The summed E-state index contributed by atoms with van der Waals surface area (Å²) >= 11 is 0. The van der Waals surface area contributed by atoms with E-state index in [0.717, 1.165) is 58.5 Å². The van der Waals surface area contributed by atoms with Crippen molar-refractivity contribution in [3.8, 4) is 0 Å². The summed E-state index contributed by atoms with van der Waals surface area (Å²) in [7, 11) is -3.30. The van der Waals surface area contributed by atoms with Crippen molar-refractivity contribution >= 4 is 15.9 Å². The lowest BCUT2D eigenvalue weighted by atomic mass is 10.00. The Kier molecular flexibility index (Phi) is 8.32. The third kappa shape index (κ3) is 6.48. The molecule has 0 saturated carbocycles. The lowest BCUT2D eigenvalue weighted by molar-refractivity contribution is -0.132. The zero-order valence-electron chi connectivity index (χ0n) is 16.6. The molecule has 0 aliphatic carbocycles. The Morgan fingerprint density at radius 3 is 2.46 bits per heavy atom. The van der Waals surface area contributed by atoms with E-state index < -0.39 is 10.0 Å². The van der Waals surface area contributed by atoms with E-state index in [1.54, 1.807) is 6.92 Å². The standard InChI is InChI=1S/C18H36N4O3S/c1-4-20-10-12-21(13-11-20)16(2)15-19-26(24,25)14-8-18-7-5-6-9-22(18)17(3)23/h16,18-19H,4-15H2,1-3H3/t16-,18+/m0/s1. The SMILES string of the molecule is CCN1CCN([C@@H](C)CNS(=O)(=O)CC[C@H]2CCCCN2C(C)=O)CC1. The van der Waals surface area contributed by atoms with Gasteiger partial charge < -0.3 is 9.80 Å². The van der Waals surface area contributed by atoms with Crippen LogP contribution in [-0.2, 0) is 14.8 Å². The lowest BCUT2D eigenvalue weighted by Crippen LogP contribution is -2.52. The second-order valence-electron chi connectivity index (χ2n) is 7.64. The Balaban J connectivity index is 1.75. The summed E-state index contributed by atoms with van der Waals surface area (Å²) in [5.74, 6) is 0.150. The van der Waals surface area contributed by atoms with Crippen LogP contribution in [0.3, 0.4) is 0 Å². The number of likely N-dealkylation sites (N-methyl/N-ethyl adjacent to an activating group) is 1. The number of amides is 1. The first-order valence-corrected chi connectivity index (χ1v) is 11.7. The van der Waals surface area contributed by atoms with Crippen LogP contribution < -0.4 is 4.72 Å². The maximum atomic E-state index is 12.4. The van der Waals surface area contributed by atoms with Crippen LogP contribution in [0.4, 0.5) is 0 Å². The molecule has 7 nitrogen and oxygen atoms in total. The molecule has 2 atom stereocenters. The molecule has 1 amide bonds. The number of sulfonamides is 1. The molecule has 2 heterocycles. The van der Waals surface area contributed by atoms with Crippen molar-refractivity contribution < 1.29 is 13.2 Å². The molecule has 0 aromatic rings. The van der Waals surface area contributed by atoms with E-state index >= 15 is 0 Å². The number of hydrogen-bond donors (Lipinski definition) is 1. The molecule has 0 spiro atoms. The van der Waals surface area contributed by atoms with Gasteiger partial charge in [-0.2, -0.15) is 0 Å². The maximum Gasteiger partial charge on any atom is 0.219 e. The zero-order chi connectivity index (χ0) is 19.2. The van der Waals surface area contributed by atoms with Gasteiger partial charge in [-0.15, -0.1) is 0 Å². The molecule has 26 heavy (non-hydrogen) atoms. The molecule has 0 bridgehead atoms. The number of nitrogens with zero attached hydrogens (tertiary/aromatic N) is 3. The summed E-state index contributed by atoms with van der Waals surface area (Å²) in [6.45, 7) is 12.2. The van der Waals surface area contributed by atoms with Crippen LogP contribution in [0.15, 0.2) is 0 Å². The Bertz CT molecular complexity index is 547. The lowest BCUT2D eigenvalue weighted by Gasteiger charge is -2.37. The number of piperazine rings is 1. The minimum atomic E-state index is -3.30. The predicted octanol–water partition coefficient (Wildman–Crippen LogP) is 0.723. The smallest absolute Gasteiger partial charge is 0.219 e. The van der Waals surface area contributed by atoms with Gasteiger partial charge in [0.2, 0.25) is 15.9 Å². The van der Waals surface area contributed by atoms with Crippen LogP contribution in [0.1, 0.15) is 46.5 Å². The molecular weight excluding hydrogens is 352 g/mol. The van der Waals surface area contributed by atoms with Crippen molar-refractivity contribution in [2.75, 3.05) is 51.6 Å². The van der Waals surface area contributed by atoms with Gasteiger partial charge in [0.1, 0.15) is 0 Å². The van der Waals surface area contributed by atoms with E-state index in [0.29, 0.717) is 13.0 Å². The fourth-order valence-electron chi connectivity index (χ4n) is 3.98. The number of nitrogens with one attached hydrogen (secondary N) is 1. The topological polar surface area (TPSA) is 73.0 Å². The fourth-order valence-corrected chi connectivity index (χ4v) is 5.20. The summed E-state index contributed by atoms with van der Waals surface area (Å²) in [5.41, 5.74) is 0. The Morgan fingerprint density at radius 2 is 1.85 bits per heavy atom. The molecule has 0 radical (unpaired) electrons. The minimum Gasteiger partial charge on any atom is -0.340 e. The summed E-state index contributed by atoms with van der Waals surface area (Å²) in [6.07, 6.45) is 3.53. The number of carbonyl (C=O) groups excluding carboxylic acids is 1. The summed E-state index contributed by atoms with van der Waals surface area (Å²) in [6, 6.07) is 0.268. The van der Waals surface area contributed by atoms with Gasteiger partial charge in [-0.3, -0.25) is 9.69 Å². The molecule has 2 saturated heterocycles. The monoisotopic (exact) mass is 388 g/mol. The average Bonchev–Trinajstić information content (AvgIpc) is 2.65. The van der Waals surface area contributed by atoms with E-state index in [2.05, 4.69) is 28.4 Å². The van der Waals surface area contributed by atoms with E-state index in [9.17, 15) is 13.2 Å². The van der Waals surface area contributed by atoms with Crippen LogP contribution in [0, 0.1) is 0 Å². The van der Waals surface area contributed by atoms with Crippen molar-refractivity contribution in [3.63, 3.8) is 0 Å². The van der Waals surface area contributed by atoms with Gasteiger partial charge in [0, 0.05) is 58.3 Å². The van der Waals surface area contributed by atoms with Gasteiger partial charge >= 0.3 is 0 Å². The first-order chi connectivity index (χ1) is 12.3. The second kappa shape index (κ2) is 10.0. The zero-order valence-corrected chi connectivity index (χ0v) is 17.4. The highest BCUT2D eigenvalue weighted by Crippen LogP contribution is 2.20. The molecule has 8 heteroatoms. The van der Waals surface area contributed by atoms with Crippen molar-refractivity contribution in [1.82, 2.24) is 19.4 Å². The quantitative estimate of drug-likeness (QED) is 0.663. The largest absolute Gasteiger partial charge is 0.340 e. The predicted molar refractivity (Wildman–Crippen MR) is 105 cm³/mol. The number of hydrogen-bond acceptors (Lipinski definition) is 5. The van der Waals surface area contributed by atoms with Crippen molar-refractivity contribution in [3.05, 3.63) is 0 Å². The Hall–Kier alpha value is -0.700. The Labute approximate surface area is 159 Å². The number of rotatable bonds is 8. The van der Waals surface area contributed by atoms with Crippen molar-refractivity contribution in [2.24, 2.45) is 0 Å². The third-order valence-electron chi connectivity index (χ3n) is 5.83. The van der Waals surface area contributed by atoms with E-state index in [1.165, 1.54) is 0 Å². The van der Waals surface area contributed by atoms with Gasteiger partial charge in [-0.1, -0.05) is 6.92 Å². The molecule has 2 aliphatic heterocycles. The van der Waals surface area contributed by atoms with E-state index in [1.807, 2.05) is 4.90 Å². The summed E-state index contributed by atoms with van der Waals surface area (Å²) in [5, 5.41) is 0. The highest BCUT2D eigenvalue weighted by atomic mass is 32.2. The Morgan fingerprint density at radius 1 is 1.15 bits per heavy atom. The van der Waals surface area contributed by atoms with E-state index in [-0.39, 0.29) is 23.7 Å². The second-order valence-corrected chi connectivity index (χ2v) is 9.56. The minimum absolute atomic E-state index is 0.0555. The highest BCUT2D eigenvalue weighted by molar-refractivity contribution is 7.89. The molecule has 2 rings (SSSR count). The average molecular weight is 389 g/mol. The van der Waals surface area contributed by atoms with Crippen molar-refractivity contribution in [2.45, 2.75) is 58.5 Å². The van der Waals surface area contributed by atoms with Gasteiger partial charge in [-0.05, 0) is 39.2 Å². The number of carbonyl (C=O) groups is 1.